The molecule has 2 heterocycles. The van der Waals surface area contributed by atoms with E-state index in [2.05, 4.69) is 34.6 Å². The van der Waals surface area contributed by atoms with Crippen molar-refractivity contribution >= 4 is 10.9 Å². The molecule has 3 rings (SSSR count). The van der Waals surface area contributed by atoms with E-state index < -0.39 is 5.92 Å². The summed E-state index contributed by atoms with van der Waals surface area (Å²) < 4.78 is 0. The molecule has 0 saturated carbocycles. The highest BCUT2D eigenvalue weighted by molar-refractivity contribution is 5.83. The molecule has 5 nitrogen and oxygen atoms in total. The quantitative estimate of drug-likeness (QED) is 0.795. The Morgan fingerprint density at radius 1 is 1.12 bits per heavy atom. The number of nitriles is 2. The molecule has 1 unspecified atom stereocenters. The van der Waals surface area contributed by atoms with Crippen LogP contribution in [0.4, 0.5) is 0 Å². The van der Waals surface area contributed by atoms with E-state index in [0.29, 0.717) is 11.1 Å². The lowest BCUT2D eigenvalue weighted by Gasteiger charge is -2.26. The first-order chi connectivity index (χ1) is 12.2. The van der Waals surface area contributed by atoms with Crippen molar-refractivity contribution in [3.63, 3.8) is 0 Å². The fraction of sp³-hybridized carbons (Fsp3) is 0.350. The first-order valence-corrected chi connectivity index (χ1v) is 8.65. The number of unbranched alkanes of at least 4 members (excludes halogenated alkanes) is 2. The third-order valence-electron chi connectivity index (χ3n) is 4.69. The number of benzene rings is 1. The minimum Gasteiger partial charge on any atom is -0.361 e. The number of H-pyrrole nitrogens is 1. The maximum absolute atomic E-state index is 9.84. The number of nitrogens with zero attached hydrogens (tertiary/aromatic N) is 3. The average molecular weight is 331 g/mol. The molecule has 126 valence electrons. The van der Waals surface area contributed by atoms with Crippen molar-refractivity contribution in [2.45, 2.75) is 45.4 Å². The van der Waals surface area contributed by atoms with Gasteiger partial charge in [-0.1, -0.05) is 38.0 Å². The second-order valence-electron chi connectivity index (χ2n) is 6.32. The van der Waals surface area contributed by atoms with Gasteiger partial charge in [-0.25, -0.2) is 0 Å². The summed E-state index contributed by atoms with van der Waals surface area (Å²) in [4.78, 5) is 0. The van der Waals surface area contributed by atoms with E-state index in [1.165, 1.54) is 0 Å². The maximum atomic E-state index is 9.84. The highest BCUT2D eigenvalue weighted by Gasteiger charge is 2.33. The molecular weight excluding hydrogens is 310 g/mol. The lowest BCUT2D eigenvalue weighted by molar-refractivity contribution is 0.667. The number of para-hydroxylation sites is 1. The van der Waals surface area contributed by atoms with Gasteiger partial charge in [0.1, 0.15) is 0 Å². The Morgan fingerprint density at radius 2 is 1.88 bits per heavy atom. The van der Waals surface area contributed by atoms with Crippen LogP contribution in [0.2, 0.25) is 0 Å². The van der Waals surface area contributed by atoms with Crippen molar-refractivity contribution in [1.82, 2.24) is 15.5 Å². The fourth-order valence-electron chi connectivity index (χ4n) is 3.40. The van der Waals surface area contributed by atoms with Gasteiger partial charge in [-0.15, -0.1) is 0 Å². The van der Waals surface area contributed by atoms with Gasteiger partial charge >= 0.3 is 0 Å². The molecule has 0 aliphatic carbocycles. The normalized spacial score (nSPS) is 17.4. The molecule has 1 aliphatic rings. The first-order valence-electron chi connectivity index (χ1n) is 8.65. The number of rotatable bonds is 5. The summed E-state index contributed by atoms with van der Waals surface area (Å²) in [6.07, 6.45) is 4.08. The number of nitrogens with one attached hydrogen (secondary N) is 2. The standard InChI is InChI=1S/C20H21N5/c1-3-4-5-9-17-16(12-22)19(15(11-21)13(2)23-17)20-14-8-6-7-10-18(14)24-25-20/h6-8,10,19,23H,3-5,9H2,1-2H3,(H,24,25). The van der Waals surface area contributed by atoms with Gasteiger partial charge in [0.05, 0.1) is 40.4 Å². The Bertz CT molecular complexity index is 933. The third-order valence-corrected chi connectivity index (χ3v) is 4.69. The van der Waals surface area contributed by atoms with E-state index in [4.69, 9.17) is 0 Å². The van der Waals surface area contributed by atoms with E-state index in [1.54, 1.807) is 0 Å². The largest absolute Gasteiger partial charge is 0.361 e. The number of hydrogen-bond acceptors (Lipinski definition) is 4. The summed E-state index contributed by atoms with van der Waals surface area (Å²) in [6.45, 7) is 4.06. The van der Waals surface area contributed by atoms with Crippen LogP contribution in [0.15, 0.2) is 46.8 Å². The van der Waals surface area contributed by atoms with Crippen LogP contribution in [-0.4, -0.2) is 10.2 Å². The smallest absolute Gasteiger partial charge is 0.0976 e. The summed E-state index contributed by atoms with van der Waals surface area (Å²) in [5.41, 5.74) is 4.56. The zero-order chi connectivity index (χ0) is 17.8. The van der Waals surface area contributed by atoms with Crippen molar-refractivity contribution < 1.29 is 0 Å². The highest BCUT2D eigenvalue weighted by Crippen LogP contribution is 2.40. The summed E-state index contributed by atoms with van der Waals surface area (Å²) in [5.74, 6) is -0.413. The molecule has 0 saturated heterocycles. The van der Waals surface area contributed by atoms with Gasteiger partial charge in [0.15, 0.2) is 0 Å². The van der Waals surface area contributed by atoms with Crippen LogP contribution in [0.25, 0.3) is 10.9 Å². The Kier molecular flexibility index (Phi) is 4.86. The number of dihydropyridines is 1. The molecule has 2 aromatic rings. The molecule has 2 N–H and O–H groups in total. The van der Waals surface area contributed by atoms with Gasteiger partial charge in [0.2, 0.25) is 0 Å². The van der Waals surface area contributed by atoms with Crippen LogP contribution in [0, 0.1) is 22.7 Å². The van der Waals surface area contributed by atoms with Crippen molar-refractivity contribution in [1.29, 1.82) is 10.5 Å². The van der Waals surface area contributed by atoms with E-state index in [1.807, 2.05) is 31.2 Å². The zero-order valence-electron chi connectivity index (χ0n) is 14.6. The summed E-state index contributed by atoms with van der Waals surface area (Å²) in [5, 5.41) is 31.3. The summed E-state index contributed by atoms with van der Waals surface area (Å²) >= 11 is 0. The molecular formula is C20H21N5. The Balaban J connectivity index is 2.13. The molecule has 1 atom stereocenters. The summed E-state index contributed by atoms with van der Waals surface area (Å²) in [7, 11) is 0. The number of fused-ring (bicyclic) bond motifs is 1. The second kappa shape index (κ2) is 7.23. The molecule has 0 radical (unpaired) electrons. The Hall–Kier alpha value is -3.05. The maximum Gasteiger partial charge on any atom is 0.0976 e. The fourth-order valence-corrected chi connectivity index (χ4v) is 3.40. The third kappa shape index (κ3) is 3.02. The Labute approximate surface area is 147 Å². The lowest BCUT2D eigenvalue weighted by atomic mass is 9.82. The van der Waals surface area contributed by atoms with Gasteiger partial charge in [0.25, 0.3) is 0 Å². The molecule has 5 heteroatoms. The molecule has 0 fully saturated rings. The van der Waals surface area contributed by atoms with E-state index >= 15 is 0 Å². The number of hydrogen-bond donors (Lipinski definition) is 2. The minimum absolute atomic E-state index is 0.413. The minimum atomic E-state index is -0.413. The van der Waals surface area contributed by atoms with Crippen LogP contribution >= 0.6 is 0 Å². The van der Waals surface area contributed by atoms with Gasteiger partial charge < -0.3 is 5.32 Å². The predicted octanol–water partition coefficient (Wildman–Crippen LogP) is 4.41. The number of allylic oxidation sites excluding steroid dienone is 4. The van der Waals surface area contributed by atoms with Crippen molar-refractivity contribution in [2.24, 2.45) is 0 Å². The van der Waals surface area contributed by atoms with E-state index in [0.717, 1.165) is 53.7 Å². The molecule has 1 aliphatic heterocycles. The van der Waals surface area contributed by atoms with E-state index in [9.17, 15) is 10.5 Å². The molecule has 0 spiro atoms. The van der Waals surface area contributed by atoms with Crippen molar-refractivity contribution in [3.8, 4) is 12.1 Å². The van der Waals surface area contributed by atoms with Crippen molar-refractivity contribution in [2.75, 3.05) is 0 Å². The summed E-state index contributed by atoms with van der Waals surface area (Å²) in [6, 6.07) is 12.5. The van der Waals surface area contributed by atoms with E-state index in [-0.39, 0.29) is 0 Å². The monoisotopic (exact) mass is 331 g/mol. The lowest BCUT2D eigenvalue weighted by Crippen LogP contribution is -2.25. The molecule has 0 bridgehead atoms. The SMILES string of the molecule is CCCCCC1=C(C#N)C(c2n[nH]c3ccccc23)C(C#N)=C(C)N1. The topological polar surface area (TPSA) is 88.3 Å². The second-order valence-corrected chi connectivity index (χ2v) is 6.32. The van der Waals surface area contributed by atoms with Crippen LogP contribution in [0.5, 0.6) is 0 Å². The van der Waals surface area contributed by atoms with Gasteiger partial charge in [0, 0.05) is 16.8 Å². The predicted molar refractivity (Wildman–Crippen MR) is 97.1 cm³/mol. The van der Waals surface area contributed by atoms with Crippen molar-refractivity contribution in [3.05, 3.63) is 52.5 Å². The molecule has 1 aromatic heterocycles. The average Bonchev–Trinajstić information content (AvgIpc) is 3.05. The molecule has 25 heavy (non-hydrogen) atoms. The molecule has 1 aromatic carbocycles. The number of aromatic amines is 1. The first kappa shape index (κ1) is 16.8. The van der Waals surface area contributed by atoms with Crippen LogP contribution < -0.4 is 5.32 Å². The van der Waals surface area contributed by atoms with Gasteiger partial charge in [-0.2, -0.15) is 15.6 Å². The van der Waals surface area contributed by atoms with Crippen LogP contribution in [0.3, 0.4) is 0 Å². The highest BCUT2D eigenvalue weighted by atomic mass is 15.1. The Morgan fingerprint density at radius 3 is 2.60 bits per heavy atom. The van der Waals surface area contributed by atoms with Gasteiger partial charge in [-0.05, 0) is 25.8 Å². The number of aromatic nitrogens is 2. The molecule has 0 amide bonds. The van der Waals surface area contributed by atoms with Crippen LogP contribution in [0.1, 0.15) is 51.1 Å². The zero-order valence-corrected chi connectivity index (χ0v) is 14.6. The van der Waals surface area contributed by atoms with Gasteiger partial charge in [-0.3, -0.25) is 5.10 Å². The van der Waals surface area contributed by atoms with Crippen LogP contribution in [-0.2, 0) is 0 Å².